The van der Waals surface area contributed by atoms with Crippen molar-refractivity contribution in [2.24, 2.45) is 0 Å². The zero-order valence-corrected chi connectivity index (χ0v) is 25.6. The highest BCUT2D eigenvalue weighted by Gasteiger charge is 2.34. The lowest BCUT2D eigenvalue weighted by Gasteiger charge is -2.33. The van der Waals surface area contributed by atoms with Crippen molar-refractivity contribution in [3.63, 3.8) is 0 Å². The molecule has 1 N–H and O–H groups in total. The number of carbonyl (C=O) groups excluding carboxylic acids is 2. The maximum Gasteiger partial charge on any atom is 0.264 e. The first-order valence-electron chi connectivity index (χ1n) is 12.8. The van der Waals surface area contributed by atoms with Gasteiger partial charge in [0, 0.05) is 27.7 Å². The summed E-state index contributed by atoms with van der Waals surface area (Å²) >= 11 is 18.5. The second kappa shape index (κ2) is 14.2. The quantitative estimate of drug-likeness (QED) is 0.247. The molecule has 0 aliphatic heterocycles. The molecule has 40 heavy (non-hydrogen) atoms. The first-order chi connectivity index (χ1) is 19.0. The summed E-state index contributed by atoms with van der Waals surface area (Å²) in [4.78, 5) is 28.8. The third-order valence-electron chi connectivity index (χ3n) is 6.40. The summed E-state index contributed by atoms with van der Waals surface area (Å²) in [6.07, 6.45) is 1.03. The number of hydrogen-bond donors (Lipinski definition) is 1. The van der Waals surface area contributed by atoms with E-state index in [4.69, 9.17) is 34.8 Å². The van der Waals surface area contributed by atoms with Gasteiger partial charge in [0.2, 0.25) is 11.8 Å². The summed E-state index contributed by atoms with van der Waals surface area (Å²) in [5.74, 6) is -0.890. The zero-order valence-electron chi connectivity index (χ0n) is 22.5. The number of nitrogens with zero attached hydrogens (tertiary/aromatic N) is 2. The lowest BCUT2D eigenvalue weighted by Crippen LogP contribution is -2.53. The van der Waals surface area contributed by atoms with E-state index in [-0.39, 0.29) is 39.1 Å². The van der Waals surface area contributed by atoms with Gasteiger partial charge in [-0.25, -0.2) is 8.42 Å². The van der Waals surface area contributed by atoms with Crippen LogP contribution in [0.15, 0.2) is 77.7 Å². The van der Waals surface area contributed by atoms with E-state index in [0.717, 1.165) is 9.87 Å². The van der Waals surface area contributed by atoms with Crippen molar-refractivity contribution in [2.45, 2.75) is 57.1 Å². The molecule has 0 radical (unpaired) electrons. The molecule has 0 bridgehead atoms. The summed E-state index contributed by atoms with van der Waals surface area (Å²) in [5, 5.41) is 3.89. The SMILES string of the molecule is CC[C@@H](C)NC(=O)[C@@H](CC)N(Cc1ccc(Cl)cc1)C(=O)CN(c1cc(Cl)cc(Cl)c1)S(=O)(=O)c1ccccc1. The average Bonchev–Trinajstić information content (AvgIpc) is 2.92. The Balaban J connectivity index is 2.07. The van der Waals surface area contributed by atoms with Crippen molar-refractivity contribution in [3.05, 3.63) is 93.4 Å². The Morgan fingerprint density at radius 2 is 1.45 bits per heavy atom. The molecule has 0 saturated heterocycles. The van der Waals surface area contributed by atoms with Gasteiger partial charge >= 0.3 is 0 Å². The summed E-state index contributed by atoms with van der Waals surface area (Å²) < 4.78 is 28.7. The van der Waals surface area contributed by atoms with E-state index >= 15 is 0 Å². The minimum Gasteiger partial charge on any atom is -0.352 e. The smallest absolute Gasteiger partial charge is 0.264 e. The molecule has 0 aliphatic carbocycles. The number of sulfonamides is 1. The van der Waals surface area contributed by atoms with Crippen molar-refractivity contribution < 1.29 is 18.0 Å². The second-order valence-electron chi connectivity index (χ2n) is 9.34. The lowest BCUT2D eigenvalue weighted by atomic mass is 10.1. The van der Waals surface area contributed by atoms with Gasteiger partial charge in [-0.15, -0.1) is 0 Å². The van der Waals surface area contributed by atoms with Gasteiger partial charge in [0.05, 0.1) is 10.6 Å². The Bertz CT molecular complexity index is 1400. The maximum atomic E-state index is 14.1. The molecule has 0 saturated carbocycles. The molecule has 0 aliphatic rings. The number of benzene rings is 3. The molecule has 2 amide bonds. The van der Waals surface area contributed by atoms with Gasteiger partial charge in [-0.1, -0.05) is 79.0 Å². The lowest BCUT2D eigenvalue weighted by molar-refractivity contribution is -0.140. The molecule has 214 valence electrons. The van der Waals surface area contributed by atoms with Crippen LogP contribution in [-0.4, -0.2) is 43.8 Å². The minimum absolute atomic E-state index is 0.00953. The van der Waals surface area contributed by atoms with Crippen molar-refractivity contribution in [1.82, 2.24) is 10.2 Å². The molecule has 7 nitrogen and oxygen atoms in total. The van der Waals surface area contributed by atoms with E-state index in [2.05, 4.69) is 5.32 Å². The average molecular weight is 625 g/mol. The van der Waals surface area contributed by atoms with E-state index in [1.165, 1.54) is 35.2 Å². The van der Waals surface area contributed by atoms with Crippen molar-refractivity contribution in [1.29, 1.82) is 0 Å². The molecule has 2 atom stereocenters. The standard InChI is InChI=1S/C29H32Cl3N3O4S/c1-4-20(3)33-29(37)27(5-2)34(18-21-11-13-22(30)14-12-21)28(36)19-35(25-16-23(31)15-24(32)17-25)40(38,39)26-9-7-6-8-10-26/h6-17,20,27H,4-5,18-19H2,1-3H3,(H,33,37)/t20-,27-/m1/s1. The molecule has 11 heteroatoms. The predicted molar refractivity (Wildman–Crippen MR) is 161 cm³/mol. The predicted octanol–water partition coefficient (Wildman–Crippen LogP) is 6.56. The van der Waals surface area contributed by atoms with Crippen molar-refractivity contribution in [3.8, 4) is 0 Å². The molecule has 0 aromatic heterocycles. The first-order valence-corrected chi connectivity index (χ1v) is 15.4. The van der Waals surface area contributed by atoms with Crippen LogP contribution < -0.4 is 9.62 Å². The molecular formula is C29H32Cl3N3O4S. The summed E-state index contributed by atoms with van der Waals surface area (Å²) in [6.45, 7) is 5.11. The molecular weight excluding hydrogens is 593 g/mol. The largest absolute Gasteiger partial charge is 0.352 e. The number of rotatable bonds is 12. The monoisotopic (exact) mass is 623 g/mol. The number of hydrogen-bond acceptors (Lipinski definition) is 4. The molecule has 0 spiro atoms. The van der Waals surface area contributed by atoms with E-state index < -0.39 is 28.5 Å². The highest BCUT2D eigenvalue weighted by molar-refractivity contribution is 7.92. The number of halogens is 3. The number of anilines is 1. The van der Waals surface area contributed by atoms with Crippen LogP contribution in [0.5, 0.6) is 0 Å². The van der Waals surface area contributed by atoms with Crippen LogP contribution in [0.1, 0.15) is 39.2 Å². The van der Waals surface area contributed by atoms with E-state index in [1.54, 1.807) is 49.4 Å². The van der Waals surface area contributed by atoms with Gasteiger partial charge in [0.15, 0.2) is 0 Å². The van der Waals surface area contributed by atoms with Crippen LogP contribution in [0.25, 0.3) is 0 Å². The highest BCUT2D eigenvalue weighted by Crippen LogP contribution is 2.30. The Morgan fingerprint density at radius 1 is 0.850 bits per heavy atom. The van der Waals surface area contributed by atoms with Crippen LogP contribution in [0.3, 0.4) is 0 Å². The fourth-order valence-corrected chi connectivity index (χ4v) is 6.14. The van der Waals surface area contributed by atoms with Gasteiger partial charge in [-0.2, -0.15) is 0 Å². The van der Waals surface area contributed by atoms with E-state index in [9.17, 15) is 18.0 Å². The van der Waals surface area contributed by atoms with Gasteiger partial charge in [-0.05, 0) is 67.8 Å². The van der Waals surface area contributed by atoms with Crippen LogP contribution in [-0.2, 0) is 26.2 Å². The summed E-state index contributed by atoms with van der Waals surface area (Å²) in [5.41, 5.74) is 0.856. The summed E-state index contributed by atoms with van der Waals surface area (Å²) in [7, 11) is -4.22. The van der Waals surface area contributed by atoms with Gasteiger partial charge < -0.3 is 10.2 Å². The van der Waals surface area contributed by atoms with Gasteiger partial charge in [-0.3, -0.25) is 13.9 Å². The topological polar surface area (TPSA) is 86.8 Å². The van der Waals surface area contributed by atoms with Crippen LogP contribution in [0.2, 0.25) is 15.1 Å². The van der Waals surface area contributed by atoms with Gasteiger partial charge in [0.25, 0.3) is 10.0 Å². The second-order valence-corrected chi connectivity index (χ2v) is 12.5. The zero-order chi connectivity index (χ0) is 29.4. The third-order valence-corrected chi connectivity index (χ3v) is 8.87. The van der Waals surface area contributed by atoms with Crippen LogP contribution in [0, 0.1) is 0 Å². The summed E-state index contributed by atoms with van der Waals surface area (Å²) in [6, 6.07) is 18.1. The minimum atomic E-state index is -4.22. The fourth-order valence-electron chi connectivity index (χ4n) is 4.08. The van der Waals surface area contributed by atoms with Gasteiger partial charge in [0.1, 0.15) is 12.6 Å². The molecule has 3 aromatic carbocycles. The Hall–Kier alpha value is -2.78. The van der Waals surface area contributed by atoms with Crippen molar-refractivity contribution >= 4 is 62.3 Å². The maximum absolute atomic E-state index is 14.1. The highest BCUT2D eigenvalue weighted by atomic mass is 35.5. The molecule has 0 fully saturated rings. The number of amides is 2. The Labute approximate surface area is 251 Å². The normalized spacial score (nSPS) is 12.8. The Kier molecular flexibility index (Phi) is 11.3. The molecule has 3 rings (SSSR count). The van der Waals surface area contributed by atoms with E-state index in [1.807, 2.05) is 13.8 Å². The third kappa shape index (κ3) is 8.13. The Morgan fingerprint density at radius 3 is 2.00 bits per heavy atom. The molecule has 3 aromatic rings. The fraction of sp³-hybridized carbons (Fsp3) is 0.310. The first kappa shape index (κ1) is 31.7. The number of carbonyl (C=O) groups is 2. The number of nitrogens with one attached hydrogen (secondary N) is 1. The van der Waals surface area contributed by atoms with Crippen LogP contribution in [0.4, 0.5) is 5.69 Å². The van der Waals surface area contributed by atoms with E-state index in [0.29, 0.717) is 17.9 Å². The molecule has 0 heterocycles. The van der Waals surface area contributed by atoms with Crippen LogP contribution >= 0.6 is 34.8 Å². The molecule has 0 unspecified atom stereocenters. The van der Waals surface area contributed by atoms with Crippen molar-refractivity contribution in [2.75, 3.05) is 10.8 Å².